The summed E-state index contributed by atoms with van der Waals surface area (Å²) in [6.45, 7) is 0. The molecule has 0 spiro atoms. The summed E-state index contributed by atoms with van der Waals surface area (Å²) in [5, 5.41) is 2.91. The minimum Gasteiger partial charge on any atom is -0.354 e. The minimum atomic E-state index is 1.18. The van der Waals surface area contributed by atoms with E-state index in [4.69, 9.17) is 0 Å². The molecular weight excluding hydrogens is 182 g/mol. The van der Waals surface area contributed by atoms with E-state index in [2.05, 4.69) is 41.4 Å². The Labute approximate surface area is 87.7 Å². The molecule has 1 aromatic heterocycles. The van der Waals surface area contributed by atoms with Gasteiger partial charge < -0.3 is 4.98 Å². The minimum absolute atomic E-state index is 1.18. The third kappa shape index (κ3) is 0.834. The van der Waals surface area contributed by atoms with Gasteiger partial charge in [-0.15, -0.1) is 0 Å². The van der Waals surface area contributed by atoms with Crippen LogP contribution in [0.15, 0.2) is 36.4 Å². The number of rotatable bonds is 0. The van der Waals surface area contributed by atoms with Crippen molar-refractivity contribution in [2.45, 2.75) is 12.8 Å². The molecule has 0 radical (unpaired) electrons. The van der Waals surface area contributed by atoms with E-state index < -0.39 is 0 Å². The predicted molar refractivity (Wildman–Crippen MR) is 63.2 cm³/mol. The fraction of sp³-hybridized carbons (Fsp3) is 0.143. The summed E-state index contributed by atoms with van der Waals surface area (Å²) in [6.07, 6.45) is 2.36. The van der Waals surface area contributed by atoms with Gasteiger partial charge in [0, 0.05) is 21.8 Å². The summed E-state index contributed by atoms with van der Waals surface area (Å²) < 4.78 is 0. The Morgan fingerprint density at radius 3 is 1.80 bits per heavy atom. The van der Waals surface area contributed by atoms with E-state index in [1.165, 1.54) is 45.8 Å². The molecule has 0 aliphatic heterocycles. The van der Waals surface area contributed by atoms with Crippen LogP contribution in [0.4, 0.5) is 0 Å². The van der Waals surface area contributed by atoms with Crippen LogP contribution in [0.3, 0.4) is 0 Å². The van der Waals surface area contributed by atoms with E-state index >= 15 is 0 Å². The van der Waals surface area contributed by atoms with Crippen LogP contribution in [0.5, 0.6) is 0 Å². The Morgan fingerprint density at radius 2 is 1.27 bits per heavy atom. The quantitative estimate of drug-likeness (QED) is 0.563. The van der Waals surface area contributed by atoms with Gasteiger partial charge in [0.05, 0.1) is 0 Å². The Bertz CT molecular complexity index is 618. The number of aromatic nitrogens is 1. The van der Waals surface area contributed by atoms with Gasteiger partial charge in [-0.05, 0) is 36.1 Å². The summed E-state index contributed by atoms with van der Waals surface area (Å²) in [5.74, 6) is 0. The van der Waals surface area contributed by atoms with Gasteiger partial charge in [0.1, 0.15) is 0 Å². The van der Waals surface area contributed by atoms with Gasteiger partial charge >= 0.3 is 0 Å². The third-order valence-corrected chi connectivity index (χ3v) is 3.48. The average Bonchev–Trinajstić information content (AvgIpc) is 2.66. The molecule has 1 heterocycles. The highest BCUT2D eigenvalue weighted by Crippen LogP contribution is 2.35. The highest BCUT2D eigenvalue weighted by atomic mass is 14.7. The summed E-state index contributed by atoms with van der Waals surface area (Å²) in [6, 6.07) is 13.2. The van der Waals surface area contributed by atoms with Gasteiger partial charge in [-0.25, -0.2) is 0 Å². The fourth-order valence-corrected chi connectivity index (χ4v) is 2.83. The van der Waals surface area contributed by atoms with Crippen LogP contribution in [0.25, 0.3) is 21.8 Å². The van der Waals surface area contributed by atoms with Crippen molar-refractivity contribution >= 4 is 21.8 Å². The molecule has 0 amide bonds. The van der Waals surface area contributed by atoms with Crippen LogP contribution in [0.1, 0.15) is 11.1 Å². The van der Waals surface area contributed by atoms with Crippen LogP contribution in [-0.4, -0.2) is 4.98 Å². The molecule has 1 heteroatoms. The fourth-order valence-electron chi connectivity index (χ4n) is 2.83. The van der Waals surface area contributed by atoms with E-state index in [-0.39, 0.29) is 0 Å². The van der Waals surface area contributed by atoms with Gasteiger partial charge in [0.25, 0.3) is 0 Å². The standard InChI is InChI=1S/C14H11N/c1-3-9-7-8-10-4-2-6-12-14(10)13(9)11(5-1)15-12/h1-6,15H,7-8H2. The van der Waals surface area contributed by atoms with E-state index in [1.54, 1.807) is 0 Å². The smallest absolute Gasteiger partial charge is 0.0467 e. The molecule has 1 nitrogen and oxygen atoms in total. The number of hydrogen-bond donors (Lipinski definition) is 1. The molecule has 72 valence electrons. The Kier molecular flexibility index (Phi) is 1.22. The van der Waals surface area contributed by atoms with Crippen molar-refractivity contribution in [1.29, 1.82) is 0 Å². The molecule has 15 heavy (non-hydrogen) atoms. The van der Waals surface area contributed by atoms with Crippen LogP contribution >= 0.6 is 0 Å². The Hall–Kier alpha value is -1.76. The maximum Gasteiger partial charge on any atom is 0.0467 e. The zero-order chi connectivity index (χ0) is 9.83. The molecule has 4 rings (SSSR count). The molecule has 2 aromatic carbocycles. The highest BCUT2D eigenvalue weighted by Gasteiger charge is 2.15. The second-order valence-electron chi connectivity index (χ2n) is 4.30. The maximum atomic E-state index is 3.50. The van der Waals surface area contributed by atoms with Crippen LogP contribution in [0.2, 0.25) is 0 Å². The number of hydrogen-bond acceptors (Lipinski definition) is 0. The molecule has 0 bridgehead atoms. The molecule has 1 aliphatic carbocycles. The molecule has 0 unspecified atom stereocenters. The number of H-pyrrole nitrogens is 1. The lowest BCUT2D eigenvalue weighted by Crippen LogP contribution is -1.97. The van der Waals surface area contributed by atoms with Crippen molar-refractivity contribution in [1.82, 2.24) is 4.98 Å². The first-order valence-electron chi connectivity index (χ1n) is 5.45. The molecule has 1 N–H and O–H groups in total. The van der Waals surface area contributed by atoms with Gasteiger partial charge in [-0.1, -0.05) is 24.3 Å². The van der Waals surface area contributed by atoms with Gasteiger partial charge in [-0.2, -0.15) is 0 Å². The molecule has 0 saturated heterocycles. The number of aryl methyl sites for hydroxylation is 2. The van der Waals surface area contributed by atoms with E-state index in [0.29, 0.717) is 0 Å². The van der Waals surface area contributed by atoms with Gasteiger partial charge in [-0.3, -0.25) is 0 Å². The second-order valence-corrected chi connectivity index (χ2v) is 4.30. The molecule has 0 atom stereocenters. The highest BCUT2D eigenvalue weighted by molar-refractivity contribution is 6.11. The summed E-state index contributed by atoms with van der Waals surface area (Å²) in [5.41, 5.74) is 5.57. The number of aromatic amines is 1. The zero-order valence-corrected chi connectivity index (χ0v) is 8.38. The lowest BCUT2D eigenvalue weighted by Gasteiger charge is -2.12. The van der Waals surface area contributed by atoms with Crippen molar-refractivity contribution in [2.75, 3.05) is 0 Å². The van der Waals surface area contributed by atoms with Crippen LogP contribution < -0.4 is 0 Å². The number of nitrogens with one attached hydrogen (secondary N) is 1. The Balaban J connectivity index is 2.42. The van der Waals surface area contributed by atoms with Crippen molar-refractivity contribution < 1.29 is 0 Å². The molecule has 1 aliphatic rings. The lowest BCUT2D eigenvalue weighted by molar-refractivity contribution is 0.969. The largest absolute Gasteiger partial charge is 0.354 e. The van der Waals surface area contributed by atoms with E-state index in [9.17, 15) is 0 Å². The third-order valence-electron chi connectivity index (χ3n) is 3.48. The van der Waals surface area contributed by atoms with E-state index in [1.807, 2.05) is 0 Å². The average molecular weight is 193 g/mol. The first-order chi connectivity index (χ1) is 7.43. The van der Waals surface area contributed by atoms with Crippen LogP contribution in [-0.2, 0) is 12.8 Å². The maximum absolute atomic E-state index is 3.50. The predicted octanol–water partition coefficient (Wildman–Crippen LogP) is 3.42. The van der Waals surface area contributed by atoms with Crippen molar-refractivity contribution in [2.24, 2.45) is 0 Å². The first kappa shape index (κ1) is 7.52. The SMILES string of the molecule is c1cc2c3c(c1)[nH]c1cccc(c13)CC2. The second kappa shape index (κ2) is 2.43. The summed E-state index contributed by atoms with van der Waals surface area (Å²) >= 11 is 0. The summed E-state index contributed by atoms with van der Waals surface area (Å²) in [4.78, 5) is 3.50. The molecule has 3 aromatic rings. The number of benzene rings is 2. The zero-order valence-electron chi connectivity index (χ0n) is 8.38. The van der Waals surface area contributed by atoms with E-state index in [0.717, 1.165) is 0 Å². The molecule has 0 saturated carbocycles. The topological polar surface area (TPSA) is 15.8 Å². The molecular formula is C14H11N. The van der Waals surface area contributed by atoms with Gasteiger partial charge in [0.15, 0.2) is 0 Å². The monoisotopic (exact) mass is 193 g/mol. The normalized spacial score (nSPS) is 14.1. The molecule has 0 fully saturated rings. The Morgan fingerprint density at radius 1 is 0.733 bits per heavy atom. The first-order valence-corrected chi connectivity index (χ1v) is 5.45. The lowest BCUT2D eigenvalue weighted by atomic mass is 9.91. The van der Waals surface area contributed by atoms with Crippen molar-refractivity contribution in [3.63, 3.8) is 0 Å². The summed E-state index contributed by atoms with van der Waals surface area (Å²) in [7, 11) is 0. The van der Waals surface area contributed by atoms with Gasteiger partial charge in [0.2, 0.25) is 0 Å². The van der Waals surface area contributed by atoms with Crippen molar-refractivity contribution in [3.8, 4) is 0 Å². The van der Waals surface area contributed by atoms with Crippen molar-refractivity contribution in [3.05, 3.63) is 47.5 Å². The van der Waals surface area contributed by atoms with Crippen LogP contribution in [0, 0.1) is 0 Å².